The van der Waals surface area contributed by atoms with Crippen molar-refractivity contribution >= 4 is 35.0 Å². The summed E-state index contributed by atoms with van der Waals surface area (Å²) in [4.78, 5) is 34.8. The van der Waals surface area contributed by atoms with E-state index >= 15 is 0 Å². The van der Waals surface area contributed by atoms with Gasteiger partial charge in [0.1, 0.15) is 0 Å². The molecular formula is C31H26Cl2N2O4. The first kappa shape index (κ1) is 26.9. The van der Waals surface area contributed by atoms with Crippen LogP contribution in [0.15, 0.2) is 103 Å². The number of hydroxylamine groups is 1. The standard InChI is InChI=1S/C31H26Cl2N2O4/c32-22-15-16-25(26(33)17-22)29-28(30(37)34-39-19-20-9-3-1-4-10-20)23-13-7-8-14-24(23)31(38)35(29)18-27(36)21-11-5-2-6-12-21/h1-17,27-29,36H,18-19H2,(H,34,37). The molecule has 5 rings (SSSR count). The van der Waals surface area contributed by atoms with Crippen LogP contribution in [-0.2, 0) is 16.2 Å². The van der Waals surface area contributed by atoms with Crippen LogP contribution in [0.2, 0.25) is 10.0 Å². The van der Waals surface area contributed by atoms with Gasteiger partial charge in [0.15, 0.2) is 0 Å². The maximum atomic E-state index is 13.9. The van der Waals surface area contributed by atoms with Crippen molar-refractivity contribution in [3.63, 3.8) is 0 Å². The lowest BCUT2D eigenvalue weighted by Crippen LogP contribution is -2.48. The molecule has 2 amide bonds. The third-order valence-electron chi connectivity index (χ3n) is 6.81. The first-order chi connectivity index (χ1) is 18.9. The zero-order valence-electron chi connectivity index (χ0n) is 20.8. The van der Waals surface area contributed by atoms with Crippen LogP contribution in [0.1, 0.15) is 50.7 Å². The number of nitrogens with one attached hydrogen (secondary N) is 1. The third-order valence-corrected chi connectivity index (χ3v) is 7.37. The van der Waals surface area contributed by atoms with Gasteiger partial charge in [-0.2, -0.15) is 0 Å². The summed E-state index contributed by atoms with van der Waals surface area (Å²) in [5.74, 6) is -1.64. The van der Waals surface area contributed by atoms with E-state index in [2.05, 4.69) is 5.48 Å². The number of benzene rings is 4. The number of carbonyl (C=O) groups excluding carboxylic acids is 2. The van der Waals surface area contributed by atoms with Gasteiger partial charge in [-0.3, -0.25) is 14.4 Å². The number of hydrogen-bond acceptors (Lipinski definition) is 4. The summed E-state index contributed by atoms with van der Waals surface area (Å²) >= 11 is 12.9. The summed E-state index contributed by atoms with van der Waals surface area (Å²) in [6.07, 6.45) is -0.993. The lowest BCUT2D eigenvalue weighted by Gasteiger charge is -2.42. The first-order valence-electron chi connectivity index (χ1n) is 12.5. The minimum Gasteiger partial charge on any atom is -0.387 e. The highest BCUT2D eigenvalue weighted by Crippen LogP contribution is 2.45. The van der Waals surface area contributed by atoms with Gasteiger partial charge in [0.2, 0.25) is 0 Å². The molecule has 8 heteroatoms. The van der Waals surface area contributed by atoms with Crippen molar-refractivity contribution in [1.29, 1.82) is 0 Å². The molecule has 2 N–H and O–H groups in total. The Morgan fingerprint density at radius 1 is 0.897 bits per heavy atom. The van der Waals surface area contributed by atoms with Crippen molar-refractivity contribution in [2.75, 3.05) is 6.54 Å². The fourth-order valence-electron chi connectivity index (χ4n) is 4.96. The molecule has 0 radical (unpaired) electrons. The van der Waals surface area contributed by atoms with E-state index in [0.717, 1.165) is 5.56 Å². The normalized spacial score (nSPS) is 17.4. The predicted molar refractivity (Wildman–Crippen MR) is 150 cm³/mol. The van der Waals surface area contributed by atoms with Gasteiger partial charge in [0, 0.05) is 15.6 Å². The van der Waals surface area contributed by atoms with Crippen molar-refractivity contribution in [3.05, 3.63) is 141 Å². The molecule has 1 aliphatic heterocycles. The molecule has 0 fully saturated rings. The maximum Gasteiger partial charge on any atom is 0.254 e. The van der Waals surface area contributed by atoms with Crippen LogP contribution in [0.25, 0.3) is 0 Å². The molecule has 0 saturated heterocycles. The quantitative estimate of drug-likeness (QED) is 0.249. The monoisotopic (exact) mass is 560 g/mol. The molecule has 4 aromatic carbocycles. The van der Waals surface area contributed by atoms with Crippen LogP contribution >= 0.6 is 23.2 Å². The van der Waals surface area contributed by atoms with Crippen molar-refractivity contribution in [2.45, 2.75) is 24.7 Å². The van der Waals surface area contributed by atoms with Gasteiger partial charge in [-0.25, -0.2) is 5.48 Å². The topological polar surface area (TPSA) is 78.9 Å². The minimum absolute atomic E-state index is 0.0601. The summed E-state index contributed by atoms with van der Waals surface area (Å²) in [6.45, 7) is 0.109. The highest BCUT2D eigenvalue weighted by molar-refractivity contribution is 6.35. The first-order valence-corrected chi connectivity index (χ1v) is 13.2. The summed E-state index contributed by atoms with van der Waals surface area (Å²) in [5.41, 5.74) is 5.58. The number of rotatable bonds is 8. The zero-order chi connectivity index (χ0) is 27.4. The molecule has 3 unspecified atom stereocenters. The van der Waals surface area contributed by atoms with E-state index < -0.39 is 24.0 Å². The van der Waals surface area contributed by atoms with Crippen molar-refractivity contribution in [1.82, 2.24) is 10.4 Å². The molecule has 0 bridgehead atoms. The predicted octanol–water partition coefficient (Wildman–Crippen LogP) is 6.26. The Morgan fingerprint density at radius 2 is 1.56 bits per heavy atom. The second kappa shape index (κ2) is 12.0. The minimum atomic E-state index is -0.993. The van der Waals surface area contributed by atoms with Gasteiger partial charge < -0.3 is 10.0 Å². The summed E-state index contributed by atoms with van der Waals surface area (Å²) in [5, 5.41) is 11.9. The Hall–Kier alpha value is -3.68. The Labute approximate surface area is 236 Å². The van der Waals surface area contributed by atoms with E-state index in [1.165, 1.54) is 4.90 Å². The van der Waals surface area contributed by atoms with E-state index in [1.54, 1.807) is 54.6 Å². The van der Waals surface area contributed by atoms with Crippen molar-refractivity contribution < 1.29 is 19.5 Å². The molecule has 1 heterocycles. The van der Waals surface area contributed by atoms with Crippen LogP contribution in [0.4, 0.5) is 0 Å². The average Bonchev–Trinajstić information content (AvgIpc) is 2.95. The van der Waals surface area contributed by atoms with Crippen LogP contribution < -0.4 is 5.48 Å². The number of halogens is 2. The molecule has 0 aliphatic carbocycles. The largest absolute Gasteiger partial charge is 0.387 e. The van der Waals surface area contributed by atoms with Gasteiger partial charge in [-0.05, 0) is 40.5 Å². The molecular weight excluding hydrogens is 535 g/mol. The van der Waals surface area contributed by atoms with Crippen LogP contribution in [-0.4, -0.2) is 28.4 Å². The summed E-state index contributed by atoms with van der Waals surface area (Å²) in [6, 6.07) is 29.6. The second-order valence-electron chi connectivity index (χ2n) is 9.30. The average molecular weight is 561 g/mol. The SMILES string of the molecule is O=C(NOCc1ccccc1)C1c2ccccc2C(=O)N(CC(O)c2ccccc2)C1c1ccc(Cl)cc1Cl. The second-order valence-corrected chi connectivity index (χ2v) is 10.1. The van der Waals surface area contributed by atoms with Crippen LogP contribution in [0.5, 0.6) is 0 Å². The lowest BCUT2D eigenvalue weighted by molar-refractivity contribution is -0.138. The molecule has 4 aromatic rings. The van der Waals surface area contributed by atoms with Gasteiger partial charge in [0.05, 0.1) is 31.2 Å². The zero-order valence-corrected chi connectivity index (χ0v) is 22.3. The maximum absolute atomic E-state index is 13.9. The number of amides is 2. The highest BCUT2D eigenvalue weighted by atomic mass is 35.5. The van der Waals surface area contributed by atoms with Crippen molar-refractivity contribution in [2.24, 2.45) is 0 Å². The van der Waals surface area contributed by atoms with Gasteiger partial charge in [-0.15, -0.1) is 0 Å². The van der Waals surface area contributed by atoms with Crippen molar-refractivity contribution in [3.8, 4) is 0 Å². The van der Waals surface area contributed by atoms with Gasteiger partial charge >= 0.3 is 0 Å². The molecule has 39 heavy (non-hydrogen) atoms. The Kier molecular flexibility index (Phi) is 8.29. The number of aliphatic hydroxyl groups is 1. The molecule has 6 nitrogen and oxygen atoms in total. The van der Waals surface area contributed by atoms with Gasteiger partial charge in [0.25, 0.3) is 11.8 Å². The highest BCUT2D eigenvalue weighted by Gasteiger charge is 2.45. The summed E-state index contributed by atoms with van der Waals surface area (Å²) in [7, 11) is 0. The Balaban J connectivity index is 1.55. The number of carbonyl (C=O) groups is 2. The molecule has 198 valence electrons. The van der Waals surface area contributed by atoms with E-state index in [-0.39, 0.29) is 19.1 Å². The van der Waals surface area contributed by atoms with E-state index in [0.29, 0.717) is 32.3 Å². The van der Waals surface area contributed by atoms with E-state index in [4.69, 9.17) is 28.0 Å². The number of nitrogens with zero attached hydrogens (tertiary/aromatic N) is 1. The van der Waals surface area contributed by atoms with Gasteiger partial charge in [-0.1, -0.05) is 108 Å². The molecule has 0 aromatic heterocycles. The fraction of sp³-hybridized carbons (Fsp3) is 0.161. The Morgan fingerprint density at radius 3 is 2.28 bits per heavy atom. The Bertz CT molecular complexity index is 1470. The lowest BCUT2D eigenvalue weighted by atomic mass is 9.79. The molecule has 0 spiro atoms. The summed E-state index contributed by atoms with van der Waals surface area (Å²) < 4.78 is 0. The van der Waals surface area contributed by atoms with Crippen LogP contribution in [0, 0.1) is 0 Å². The molecule has 0 saturated carbocycles. The smallest absolute Gasteiger partial charge is 0.254 e. The molecule has 3 atom stereocenters. The molecule has 1 aliphatic rings. The van der Waals surface area contributed by atoms with E-state index in [1.807, 2.05) is 48.5 Å². The number of fused-ring (bicyclic) bond motifs is 1. The number of β-amino-alcohol motifs (C(OH)–C–C–N with tert-alkyl or cyclic N) is 1. The van der Waals surface area contributed by atoms with E-state index in [9.17, 15) is 14.7 Å². The third kappa shape index (κ3) is 5.84. The fourth-order valence-corrected chi connectivity index (χ4v) is 5.48. The van der Waals surface area contributed by atoms with Crippen LogP contribution in [0.3, 0.4) is 0 Å². The number of aliphatic hydroxyl groups excluding tert-OH is 1. The number of hydrogen-bond donors (Lipinski definition) is 2.